The fraction of sp³-hybridized carbons (Fsp3) is 0.385. The van der Waals surface area contributed by atoms with Crippen LogP contribution in [0.15, 0.2) is 54.9 Å². The highest BCUT2D eigenvalue weighted by molar-refractivity contribution is 6.00. The monoisotopic (exact) mass is 475 g/mol. The summed E-state index contributed by atoms with van der Waals surface area (Å²) in [5, 5.41) is 10.1. The predicted molar refractivity (Wildman–Crippen MR) is 136 cm³/mol. The number of pyridine rings is 1. The van der Waals surface area contributed by atoms with E-state index in [1.165, 1.54) is 5.56 Å². The molecule has 0 bridgehead atoms. The molecule has 2 N–H and O–H groups in total. The molecule has 3 heterocycles. The van der Waals surface area contributed by atoms with Gasteiger partial charge in [0.15, 0.2) is 0 Å². The fourth-order valence-electron chi connectivity index (χ4n) is 3.96. The molecule has 1 fully saturated rings. The third-order valence-corrected chi connectivity index (χ3v) is 6.09. The lowest BCUT2D eigenvalue weighted by atomic mass is 9.92. The first kappa shape index (κ1) is 24.4. The third kappa shape index (κ3) is 6.24. The summed E-state index contributed by atoms with van der Waals surface area (Å²) in [4.78, 5) is 33.7. The topological polar surface area (TPSA) is 95.4 Å². The lowest BCUT2D eigenvalue weighted by Crippen LogP contribution is -2.48. The van der Waals surface area contributed by atoms with Crippen LogP contribution in [0.25, 0.3) is 0 Å². The van der Waals surface area contributed by atoms with Gasteiger partial charge in [0.05, 0.1) is 5.69 Å². The summed E-state index contributed by atoms with van der Waals surface area (Å²) in [5.74, 6) is 0.622. The molecule has 0 unspecified atom stereocenters. The number of rotatable bonds is 5. The van der Waals surface area contributed by atoms with Crippen molar-refractivity contribution < 1.29 is 9.59 Å². The molecule has 0 saturated carbocycles. The third-order valence-electron chi connectivity index (χ3n) is 6.09. The molecular formula is C26H33N7O2. The number of anilines is 2. The van der Waals surface area contributed by atoms with Crippen LogP contribution in [0.5, 0.6) is 0 Å². The van der Waals surface area contributed by atoms with Gasteiger partial charge in [0.25, 0.3) is 5.91 Å². The summed E-state index contributed by atoms with van der Waals surface area (Å²) in [6, 6.07) is 12.6. The fourth-order valence-corrected chi connectivity index (χ4v) is 3.96. The molecule has 9 nitrogen and oxygen atoms in total. The summed E-state index contributed by atoms with van der Waals surface area (Å²) >= 11 is 0. The Morgan fingerprint density at radius 3 is 2.20 bits per heavy atom. The molecule has 9 heteroatoms. The van der Waals surface area contributed by atoms with Crippen molar-refractivity contribution in [2.45, 2.75) is 32.7 Å². The smallest absolute Gasteiger partial charge is 0.324 e. The molecule has 4 rings (SSSR count). The van der Waals surface area contributed by atoms with Crippen LogP contribution >= 0.6 is 0 Å². The Hall–Kier alpha value is -3.72. The summed E-state index contributed by atoms with van der Waals surface area (Å²) < 4.78 is 1.65. The van der Waals surface area contributed by atoms with E-state index < -0.39 is 0 Å². The zero-order valence-electron chi connectivity index (χ0n) is 20.8. The maximum Gasteiger partial charge on any atom is 0.324 e. The van der Waals surface area contributed by atoms with Crippen LogP contribution in [0.2, 0.25) is 0 Å². The largest absolute Gasteiger partial charge is 0.336 e. The molecule has 1 saturated heterocycles. The van der Waals surface area contributed by atoms with E-state index in [4.69, 9.17) is 0 Å². The van der Waals surface area contributed by atoms with Crippen molar-refractivity contribution in [2.24, 2.45) is 7.05 Å². The summed E-state index contributed by atoms with van der Waals surface area (Å²) in [6.07, 6.45) is 3.61. The second kappa shape index (κ2) is 10.3. The average Bonchev–Trinajstić information content (AvgIpc) is 3.21. The van der Waals surface area contributed by atoms with Crippen molar-refractivity contribution in [1.29, 1.82) is 0 Å². The number of piperazine rings is 1. The first-order chi connectivity index (χ1) is 16.7. The van der Waals surface area contributed by atoms with E-state index in [1.807, 2.05) is 23.1 Å². The number of carbonyl (C=O) groups excluding carboxylic acids is 2. The number of aryl methyl sites for hydroxylation is 1. The van der Waals surface area contributed by atoms with Crippen LogP contribution < -0.4 is 10.6 Å². The second-order valence-electron chi connectivity index (χ2n) is 9.87. The Bertz CT molecular complexity index is 1160. The zero-order valence-corrected chi connectivity index (χ0v) is 20.8. The number of amides is 3. The summed E-state index contributed by atoms with van der Waals surface area (Å²) in [6.45, 7) is 10.1. The number of nitrogens with one attached hydrogen (secondary N) is 2. The Morgan fingerprint density at radius 2 is 1.60 bits per heavy atom. The van der Waals surface area contributed by atoms with Crippen molar-refractivity contribution in [3.05, 3.63) is 71.7 Å². The molecular weight excluding hydrogens is 442 g/mol. The first-order valence-electron chi connectivity index (χ1n) is 11.8. The van der Waals surface area contributed by atoms with Crippen LogP contribution in [0.1, 0.15) is 42.4 Å². The minimum atomic E-state index is -0.363. The highest BCUT2D eigenvalue weighted by atomic mass is 16.2. The summed E-state index contributed by atoms with van der Waals surface area (Å²) in [5.41, 5.74) is 3.24. The van der Waals surface area contributed by atoms with Gasteiger partial charge in [-0.15, -0.1) is 0 Å². The maximum absolute atomic E-state index is 12.9. The quantitative estimate of drug-likeness (QED) is 0.587. The van der Waals surface area contributed by atoms with E-state index in [9.17, 15) is 9.59 Å². The predicted octanol–water partition coefficient (Wildman–Crippen LogP) is 3.71. The zero-order chi connectivity index (χ0) is 25.0. The lowest BCUT2D eigenvalue weighted by Gasteiger charge is -2.34. The summed E-state index contributed by atoms with van der Waals surface area (Å²) in [7, 11) is 1.80. The van der Waals surface area contributed by atoms with Gasteiger partial charge in [-0.25, -0.2) is 4.79 Å². The molecule has 1 aliphatic rings. The molecule has 3 aromatic rings. The molecule has 0 spiro atoms. The van der Waals surface area contributed by atoms with Gasteiger partial charge in [0.2, 0.25) is 0 Å². The number of hydrogen-bond donors (Lipinski definition) is 2. The van der Waals surface area contributed by atoms with Gasteiger partial charge < -0.3 is 10.2 Å². The van der Waals surface area contributed by atoms with E-state index in [1.54, 1.807) is 48.4 Å². The van der Waals surface area contributed by atoms with Crippen LogP contribution in [-0.2, 0) is 19.0 Å². The Labute approximate surface area is 206 Å². The normalized spacial score (nSPS) is 14.6. The number of nitrogens with zero attached hydrogens (tertiary/aromatic N) is 5. The molecule has 0 aliphatic carbocycles. The minimum Gasteiger partial charge on any atom is -0.336 e. The molecule has 3 amide bonds. The van der Waals surface area contributed by atoms with Crippen LogP contribution in [0, 0.1) is 0 Å². The maximum atomic E-state index is 12.9. The Morgan fingerprint density at radius 1 is 0.943 bits per heavy atom. The average molecular weight is 476 g/mol. The molecule has 0 atom stereocenters. The minimum absolute atomic E-state index is 0.00848. The number of benzene rings is 1. The van der Waals surface area contributed by atoms with E-state index in [0.717, 1.165) is 25.3 Å². The second-order valence-corrected chi connectivity index (χ2v) is 9.87. The van der Waals surface area contributed by atoms with E-state index >= 15 is 0 Å². The molecule has 2 aromatic heterocycles. The van der Waals surface area contributed by atoms with Gasteiger partial charge in [0.1, 0.15) is 5.82 Å². The highest BCUT2D eigenvalue weighted by Gasteiger charge is 2.23. The molecule has 35 heavy (non-hydrogen) atoms. The standard InChI is InChI=1S/C26H33N7O2/c1-26(2,3)22-17-23(31(4)30-22)29-25(35)28-21-7-5-20(6-8-21)24(34)33-15-13-32(14-16-33)18-19-9-11-27-12-10-19/h5-12,17H,13-16,18H2,1-4H3,(H2,28,29,35). The van der Waals surface area contributed by atoms with Gasteiger partial charge in [0, 0.05) is 74.9 Å². The highest BCUT2D eigenvalue weighted by Crippen LogP contribution is 2.23. The number of urea groups is 1. The first-order valence-corrected chi connectivity index (χ1v) is 11.8. The van der Waals surface area contributed by atoms with Crippen LogP contribution in [0.4, 0.5) is 16.3 Å². The SMILES string of the molecule is Cn1nc(C(C)(C)C)cc1NC(=O)Nc1ccc(C(=O)N2CCN(Cc3ccncc3)CC2)cc1. The number of hydrogen-bond acceptors (Lipinski definition) is 5. The van der Waals surface area contributed by atoms with E-state index in [2.05, 4.69) is 46.4 Å². The van der Waals surface area contributed by atoms with Crippen molar-refractivity contribution in [2.75, 3.05) is 36.8 Å². The van der Waals surface area contributed by atoms with Crippen molar-refractivity contribution in [1.82, 2.24) is 24.6 Å². The molecule has 184 valence electrons. The number of aromatic nitrogens is 3. The lowest BCUT2D eigenvalue weighted by molar-refractivity contribution is 0.0628. The molecule has 1 aromatic carbocycles. The van der Waals surface area contributed by atoms with Crippen molar-refractivity contribution in [3.63, 3.8) is 0 Å². The van der Waals surface area contributed by atoms with Gasteiger partial charge in [-0.2, -0.15) is 5.10 Å². The van der Waals surface area contributed by atoms with Gasteiger partial charge >= 0.3 is 6.03 Å². The number of carbonyl (C=O) groups is 2. The molecule has 1 aliphatic heterocycles. The Kier molecular flexibility index (Phi) is 7.16. The van der Waals surface area contributed by atoms with E-state index in [0.29, 0.717) is 30.2 Å². The van der Waals surface area contributed by atoms with Crippen LogP contribution in [-0.4, -0.2) is 62.7 Å². The molecule has 0 radical (unpaired) electrons. The van der Waals surface area contributed by atoms with Gasteiger partial charge in [-0.1, -0.05) is 20.8 Å². The van der Waals surface area contributed by atoms with Crippen molar-refractivity contribution >= 4 is 23.4 Å². The van der Waals surface area contributed by atoms with Gasteiger partial charge in [-0.3, -0.25) is 24.7 Å². The van der Waals surface area contributed by atoms with Gasteiger partial charge in [-0.05, 0) is 42.0 Å². The van der Waals surface area contributed by atoms with Crippen LogP contribution in [0.3, 0.4) is 0 Å². The Balaban J connectivity index is 1.28. The van der Waals surface area contributed by atoms with E-state index in [-0.39, 0.29) is 17.4 Å². The van der Waals surface area contributed by atoms with Crippen molar-refractivity contribution in [3.8, 4) is 0 Å².